The summed E-state index contributed by atoms with van der Waals surface area (Å²) in [6, 6.07) is 10.1. The number of rotatable bonds is 2. The fourth-order valence-corrected chi connectivity index (χ4v) is 2.97. The van der Waals surface area contributed by atoms with Gasteiger partial charge in [-0.05, 0) is 47.5 Å². The Morgan fingerprint density at radius 2 is 2.05 bits per heavy atom. The van der Waals surface area contributed by atoms with Crippen molar-refractivity contribution >= 4 is 33.2 Å². The topological polar surface area (TPSA) is 46.3 Å². The molecule has 2 aromatic carbocycles. The van der Waals surface area contributed by atoms with Crippen molar-refractivity contribution in [2.45, 2.75) is 13.0 Å². The van der Waals surface area contributed by atoms with Gasteiger partial charge in [-0.1, -0.05) is 15.9 Å². The summed E-state index contributed by atoms with van der Waals surface area (Å²) >= 11 is 3.26. The van der Waals surface area contributed by atoms with Crippen molar-refractivity contribution in [3.63, 3.8) is 0 Å². The van der Waals surface area contributed by atoms with Gasteiger partial charge in [-0.2, -0.15) is 0 Å². The first-order valence-electron chi connectivity index (χ1n) is 6.16. The number of nitrogen functional groups attached to an aromatic ring is 1. The van der Waals surface area contributed by atoms with Crippen LogP contribution in [0.3, 0.4) is 0 Å². The van der Waals surface area contributed by atoms with Crippen molar-refractivity contribution in [3.8, 4) is 0 Å². The largest absolute Gasteiger partial charge is 0.399 e. The zero-order valence-corrected chi connectivity index (χ0v) is 12.2. The molecule has 1 aliphatic rings. The van der Waals surface area contributed by atoms with Gasteiger partial charge in [-0.3, -0.25) is 4.79 Å². The Balaban J connectivity index is 1.94. The van der Waals surface area contributed by atoms with Gasteiger partial charge in [0, 0.05) is 15.8 Å². The fourth-order valence-electron chi connectivity index (χ4n) is 2.46. The summed E-state index contributed by atoms with van der Waals surface area (Å²) in [4.78, 5) is 13.8. The van der Waals surface area contributed by atoms with Crippen molar-refractivity contribution in [3.05, 3.63) is 57.8 Å². The van der Waals surface area contributed by atoms with Crippen molar-refractivity contribution in [2.75, 3.05) is 10.6 Å². The summed E-state index contributed by atoms with van der Waals surface area (Å²) in [5.41, 5.74) is 8.89. The number of carbonyl (C=O) groups excluding carboxylic acids is 1. The molecule has 102 valence electrons. The van der Waals surface area contributed by atoms with Crippen LogP contribution in [0.25, 0.3) is 0 Å². The summed E-state index contributed by atoms with van der Waals surface area (Å²) < 4.78 is 14.1. The van der Waals surface area contributed by atoms with Crippen molar-refractivity contribution in [1.82, 2.24) is 0 Å². The Bertz CT molecular complexity index is 682. The van der Waals surface area contributed by atoms with Gasteiger partial charge in [-0.15, -0.1) is 0 Å². The summed E-state index contributed by atoms with van der Waals surface area (Å²) in [5.74, 6) is -0.315. The Hall–Kier alpha value is -1.88. The number of nitrogens with zero attached hydrogens (tertiary/aromatic N) is 1. The van der Waals surface area contributed by atoms with E-state index in [1.165, 1.54) is 12.1 Å². The third kappa shape index (κ3) is 2.41. The third-order valence-corrected chi connectivity index (χ3v) is 3.76. The van der Waals surface area contributed by atoms with Crippen LogP contribution in [0.1, 0.15) is 11.1 Å². The molecule has 0 saturated carbocycles. The van der Waals surface area contributed by atoms with E-state index in [0.717, 1.165) is 16.8 Å². The van der Waals surface area contributed by atoms with Crippen LogP contribution >= 0.6 is 15.9 Å². The van der Waals surface area contributed by atoms with Crippen LogP contribution in [0.5, 0.6) is 0 Å². The molecule has 1 heterocycles. The molecule has 0 fully saturated rings. The molecular weight excluding hydrogens is 323 g/mol. The van der Waals surface area contributed by atoms with Gasteiger partial charge in [0.2, 0.25) is 5.91 Å². The molecule has 0 radical (unpaired) electrons. The third-order valence-electron chi connectivity index (χ3n) is 3.30. The van der Waals surface area contributed by atoms with E-state index in [0.29, 0.717) is 23.1 Å². The van der Waals surface area contributed by atoms with Crippen LogP contribution in [0.2, 0.25) is 0 Å². The average Bonchev–Trinajstić information content (AvgIpc) is 2.64. The SMILES string of the molecule is Nc1ccc2c(c1)CC(=O)N2Cc1cc(F)cc(Br)c1. The second kappa shape index (κ2) is 4.90. The quantitative estimate of drug-likeness (QED) is 0.857. The lowest BCUT2D eigenvalue weighted by Crippen LogP contribution is -2.26. The second-order valence-electron chi connectivity index (χ2n) is 4.82. The maximum atomic E-state index is 13.4. The first kappa shape index (κ1) is 13.1. The molecule has 0 atom stereocenters. The highest BCUT2D eigenvalue weighted by Crippen LogP contribution is 2.32. The van der Waals surface area contributed by atoms with E-state index in [4.69, 9.17) is 5.73 Å². The number of amides is 1. The first-order valence-corrected chi connectivity index (χ1v) is 6.96. The maximum absolute atomic E-state index is 13.4. The highest BCUT2D eigenvalue weighted by Gasteiger charge is 2.27. The number of anilines is 2. The average molecular weight is 335 g/mol. The smallest absolute Gasteiger partial charge is 0.231 e. The van der Waals surface area contributed by atoms with Gasteiger partial charge in [0.15, 0.2) is 0 Å². The predicted octanol–water partition coefficient (Wildman–Crippen LogP) is 3.26. The van der Waals surface area contributed by atoms with Gasteiger partial charge >= 0.3 is 0 Å². The van der Waals surface area contributed by atoms with E-state index in [1.54, 1.807) is 11.0 Å². The lowest BCUT2D eigenvalue weighted by Gasteiger charge is -2.18. The molecule has 0 aliphatic carbocycles. The Labute approximate surface area is 124 Å². The monoisotopic (exact) mass is 334 g/mol. The van der Waals surface area contributed by atoms with E-state index in [9.17, 15) is 9.18 Å². The molecule has 3 rings (SSSR count). The lowest BCUT2D eigenvalue weighted by molar-refractivity contribution is -0.117. The predicted molar refractivity (Wildman–Crippen MR) is 79.8 cm³/mol. The van der Waals surface area contributed by atoms with Crippen LogP contribution in [0, 0.1) is 5.82 Å². The number of benzene rings is 2. The van der Waals surface area contributed by atoms with Crippen molar-refractivity contribution in [1.29, 1.82) is 0 Å². The summed E-state index contributed by atoms with van der Waals surface area (Å²) in [5, 5.41) is 0. The van der Waals surface area contributed by atoms with Crippen LogP contribution in [-0.4, -0.2) is 5.91 Å². The zero-order valence-electron chi connectivity index (χ0n) is 10.6. The molecule has 0 bridgehead atoms. The number of halogens is 2. The molecule has 1 aliphatic heterocycles. The molecule has 20 heavy (non-hydrogen) atoms. The van der Waals surface area contributed by atoms with Gasteiger partial charge < -0.3 is 10.6 Å². The number of nitrogens with two attached hydrogens (primary N) is 1. The lowest BCUT2D eigenvalue weighted by atomic mass is 10.1. The molecular formula is C15H12BrFN2O. The van der Waals surface area contributed by atoms with Gasteiger partial charge in [0.1, 0.15) is 5.82 Å². The van der Waals surface area contributed by atoms with Crippen molar-refractivity contribution in [2.24, 2.45) is 0 Å². The Morgan fingerprint density at radius 1 is 1.25 bits per heavy atom. The van der Waals surface area contributed by atoms with Crippen LogP contribution < -0.4 is 10.6 Å². The maximum Gasteiger partial charge on any atom is 0.231 e. The zero-order chi connectivity index (χ0) is 14.3. The summed E-state index contributed by atoms with van der Waals surface area (Å²) in [6.07, 6.45) is 0.344. The van der Waals surface area contributed by atoms with Gasteiger partial charge in [-0.25, -0.2) is 4.39 Å². The normalized spacial score (nSPS) is 13.7. The Morgan fingerprint density at radius 3 is 2.80 bits per heavy atom. The molecule has 2 aromatic rings. The van der Waals surface area contributed by atoms with Crippen LogP contribution in [-0.2, 0) is 17.8 Å². The fraction of sp³-hybridized carbons (Fsp3) is 0.133. The van der Waals surface area contributed by atoms with Gasteiger partial charge in [0.25, 0.3) is 0 Å². The molecule has 0 unspecified atom stereocenters. The molecule has 3 nitrogen and oxygen atoms in total. The summed E-state index contributed by atoms with van der Waals surface area (Å²) in [7, 11) is 0. The minimum absolute atomic E-state index is 0.00554. The van der Waals surface area contributed by atoms with Crippen molar-refractivity contribution < 1.29 is 9.18 Å². The molecule has 0 aromatic heterocycles. The van der Waals surface area contributed by atoms with E-state index < -0.39 is 0 Å². The number of hydrogen-bond donors (Lipinski definition) is 1. The van der Waals surface area contributed by atoms with E-state index >= 15 is 0 Å². The van der Waals surface area contributed by atoms with E-state index in [2.05, 4.69) is 15.9 Å². The molecule has 0 spiro atoms. The first-order chi connectivity index (χ1) is 9.52. The van der Waals surface area contributed by atoms with E-state index in [-0.39, 0.29) is 11.7 Å². The van der Waals surface area contributed by atoms with Crippen LogP contribution in [0.4, 0.5) is 15.8 Å². The highest BCUT2D eigenvalue weighted by molar-refractivity contribution is 9.10. The minimum atomic E-state index is -0.321. The minimum Gasteiger partial charge on any atom is -0.399 e. The van der Waals surface area contributed by atoms with E-state index in [1.807, 2.05) is 18.2 Å². The molecule has 0 saturated heterocycles. The molecule has 5 heteroatoms. The number of fused-ring (bicyclic) bond motifs is 1. The number of hydrogen-bond acceptors (Lipinski definition) is 2. The molecule has 2 N–H and O–H groups in total. The second-order valence-corrected chi connectivity index (χ2v) is 5.74. The number of carbonyl (C=O) groups is 1. The van der Waals surface area contributed by atoms with Gasteiger partial charge in [0.05, 0.1) is 13.0 Å². The molecule has 1 amide bonds. The Kier molecular flexibility index (Phi) is 3.22. The summed E-state index contributed by atoms with van der Waals surface area (Å²) in [6.45, 7) is 0.353. The highest BCUT2D eigenvalue weighted by atomic mass is 79.9. The van der Waals surface area contributed by atoms with Crippen LogP contribution in [0.15, 0.2) is 40.9 Å². The standard InChI is InChI=1S/C15H12BrFN2O/c16-11-3-9(4-12(17)7-11)8-19-14-2-1-13(18)5-10(14)6-15(19)20/h1-5,7H,6,8,18H2.